The largest absolute Gasteiger partial charge is 0.382 e. The Balaban J connectivity index is 0.00000361. The highest BCUT2D eigenvalue weighted by molar-refractivity contribution is 5.85. The van der Waals surface area contributed by atoms with Crippen molar-refractivity contribution in [1.29, 1.82) is 0 Å². The van der Waals surface area contributed by atoms with Crippen molar-refractivity contribution in [3.63, 3.8) is 0 Å². The van der Waals surface area contributed by atoms with Crippen molar-refractivity contribution in [3.8, 4) is 0 Å². The van der Waals surface area contributed by atoms with E-state index in [4.69, 9.17) is 15.2 Å². The molecule has 0 spiro atoms. The van der Waals surface area contributed by atoms with Crippen LogP contribution < -0.4 is 11.1 Å². The zero-order chi connectivity index (χ0) is 13.9. The summed E-state index contributed by atoms with van der Waals surface area (Å²) in [5.41, 5.74) is 6.99. The van der Waals surface area contributed by atoms with Crippen molar-refractivity contribution in [1.82, 2.24) is 5.32 Å². The molecule has 0 aliphatic rings. The van der Waals surface area contributed by atoms with Gasteiger partial charge in [-0.15, -0.1) is 12.4 Å². The number of halogens is 1. The van der Waals surface area contributed by atoms with Gasteiger partial charge in [-0.3, -0.25) is 4.79 Å². The summed E-state index contributed by atoms with van der Waals surface area (Å²) in [5.74, 6) is -0.0520. The Morgan fingerprint density at radius 1 is 1.25 bits per heavy atom. The van der Waals surface area contributed by atoms with Crippen molar-refractivity contribution in [2.24, 2.45) is 5.73 Å². The smallest absolute Gasteiger partial charge is 0.222 e. The van der Waals surface area contributed by atoms with E-state index in [0.717, 1.165) is 5.56 Å². The average molecular weight is 303 g/mol. The molecule has 0 bridgehead atoms. The second-order valence-corrected chi connectivity index (χ2v) is 4.18. The van der Waals surface area contributed by atoms with Crippen LogP contribution in [0.25, 0.3) is 0 Å². The van der Waals surface area contributed by atoms with Gasteiger partial charge in [0.2, 0.25) is 5.91 Å². The zero-order valence-electron chi connectivity index (χ0n) is 11.7. The van der Waals surface area contributed by atoms with Crippen molar-refractivity contribution in [2.45, 2.75) is 12.5 Å². The molecule has 1 rings (SSSR count). The molecule has 0 radical (unpaired) electrons. The number of hydrogen-bond acceptors (Lipinski definition) is 4. The molecule has 0 heterocycles. The van der Waals surface area contributed by atoms with Gasteiger partial charge in [0.05, 0.1) is 19.8 Å². The Morgan fingerprint density at radius 2 is 1.95 bits per heavy atom. The molecule has 6 heteroatoms. The van der Waals surface area contributed by atoms with E-state index in [2.05, 4.69) is 5.32 Å². The Hall–Kier alpha value is -1.14. The minimum absolute atomic E-state index is 0. The van der Waals surface area contributed by atoms with Crippen LogP contribution in [0.4, 0.5) is 0 Å². The van der Waals surface area contributed by atoms with Crippen LogP contribution in [-0.4, -0.2) is 39.4 Å². The molecule has 0 aromatic heterocycles. The van der Waals surface area contributed by atoms with E-state index in [-0.39, 0.29) is 24.4 Å². The molecule has 20 heavy (non-hydrogen) atoms. The highest BCUT2D eigenvalue weighted by atomic mass is 35.5. The van der Waals surface area contributed by atoms with E-state index in [1.54, 1.807) is 7.11 Å². The van der Waals surface area contributed by atoms with Gasteiger partial charge < -0.3 is 20.5 Å². The maximum absolute atomic E-state index is 11.5. The first-order valence-corrected chi connectivity index (χ1v) is 6.38. The summed E-state index contributed by atoms with van der Waals surface area (Å²) in [7, 11) is 1.61. The lowest BCUT2D eigenvalue weighted by molar-refractivity contribution is -0.122. The monoisotopic (exact) mass is 302 g/mol. The van der Waals surface area contributed by atoms with E-state index in [1.165, 1.54) is 0 Å². The number of amides is 1. The van der Waals surface area contributed by atoms with Crippen LogP contribution in [0.2, 0.25) is 0 Å². The maximum Gasteiger partial charge on any atom is 0.222 e. The molecule has 5 nitrogen and oxygen atoms in total. The maximum atomic E-state index is 11.5. The third-order valence-electron chi connectivity index (χ3n) is 2.65. The fraction of sp³-hybridized carbons (Fsp3) is 0.500. The van der Waals surface area contributed by atoms with Gasteiger partial charge in [0.1, 0.15) is 0 Å². The van der Waals surface area contributed by atoms with Crippen LogP contribution in [0.1, 0.15) is 18.0 Å². The average Bonchev–Trinajstić information content (AvgIpc) is 2.45. The van der Waals surface area contributed by atoms with Gasteiger partial charge in [-0.1, -0.05) is 30.3 Å². The number of benzene rings is 1. The molecular formula is C14H23ClN2O3. The molecule has 0 aliphatic heterocycles. The number of methoxy groups -OCH3 is 1. The van der Waals surface area contributed by atoms with Gasteiger partial charge in [-0.05, 0) is 5.56 Å². The number of hydrogen-bond donors (Lipinski definition) is 2. The fourth-order valence-corrected chi connectivity index (χ4v) is 1.54. The van der Waals surface area contributed by atoms with Crippen LogP contribution in [0, 0.1) is 0 Å². The molecule has 0 fully saturated rings. The van der Waals surface area contributed by atoms with Crippen LogP contribution >= 0.6 is 12.4 Å². The van der Waals surface area contributed by atoms with Crippen LogP contribution in [-0.2, 0) is 14.3 Å². The van der Waals surface area contributed by atoms with Crippen LogP contribution in [0.3, 0.4) is 0 Å². The molecule has 1 amide bonds. The molecule has 1 atom stereocenters. The lowest BCUT2D eigenvalue weighted by Crippen LogP contribution is -2.32. The van der Waals surface area contributed by atoms with E-state index in [9.17, 15) is 4.79 Å². The summed E-state index contributed by atoms with van der Waals surface area (Å²) in [6.07, 6.45) is 0.339. The highest BCUT2D eigenvalue weighted by Crippen LogP contribution is 2.07. The Morgan fingerprint density at radius 3 is 2.60 bits per heavy atom. The Bertz CT molecular complexity index is 363. The number of rotatable bonds is 9. The van der Waals surface area contributed by atoms with Crippen molar-refractivity contribution in [3.05, 3.63) is 35.9 Å². The van der Waals surface area contributed by atoms with Crippen molar-refractivity contribution in [2.75, 3.05) is 33.5 Å². The Kier molecular flexibility index (Phi) is 11.0. The predicted molar refractivity (Wildman–Crippen MR) is 80.9 cm³/mol. The minimum atomic E-state index is -0.181. The molecule has 0 aliphatic carbocycles. The van der Waals surface area contributed by atoms with Crippen LogP contribution in [0.15, 0.2) is 30.3 Å². The normalized spacial score (nSPS) is 11.5. The van der Waals surface area contributed by atoms with Crippen molar-refractivity contribution >= 4 is 18.3 Å². The van der Waals surface area contributed by atoms with Gasteiger partial charge >= 0.3 is 0 Å². The molecular weight excluding hydrogens is 280 g/mol. The fourth-order valence-electron chi connectivity index (χ4n) is 1.54. The molecule has 1 unspecified atom stereocenters. The number of ether oxygens (including phenoxy) is 2. The summed E-state index contributed by atoms with van der Waals surface area (Å²) in [6.45, 7) is 1.88. The first kappa shape index (κ1) is 18.9. The molecule has 0 saturated heterocycles. The minimum Gasteiger partial charge on any atom is -0.382 e. The lowest BCUT2D eigenvalue weighted by atomic mass is 10.1. The second-order valence-electron chi connectivity index (χ2n) is 4.18. The van der Waals surface area contributed by atoms with Crippen molar-refractivity contribution < 1.29 is 14.3 Å². The number of carbonyl (C=O) groups is 1. The van der Waals surface area contributed by atoms with E-state index in [0.29, 0.717) is 32.8 Å². The highest BCUT2D eigenvalue weighted by Gasteiger charge is 2.07. The summed E-state index contributed by atoms with van der Waals surface area (Å²) in [6, 6.07) is 9.52. The van der Waals surface area contributed by atoms with Gasteiger partial charge in [-0.2, -0.15) is 0 Å². The van der Waals surface area contributed by atoms with E-state index in [1.807, 2.05) is 30.3 Å². The van der Waals surface area contributed by atoms with Gasteiger partial charge in [-0.25, -0.2) is 0 Å². The Labute approximate surface area is 126 Å². The molecule has 1 aromatic carbocycles. The standard InChI is InChI=1S/C14H22N2O3.ClH/c1-18-9-10-19-8-7-14(17)16-11-13(15)12-5-3-2-4-6-12;/h2-6,13H,7-11,15H2,1H3,(H,16,17);1H. The predicted octanol–water partition coefficient (Wildman–Crippen LogP) is 1.28. The lowest BCUT2D eigenvalue weighted by Gasteiger charge is -2.13. The SMILES string of the molecule is COCCOCCC(=O)NCC(N)c1ccccc1.Cl. The number of nitrogens with one attached hydrogen (secondary N) is 1. The first-order valence-electron chi connectivity index (χ1n) is 6.38. The number of nitrogens with two attached hydrogens (primary N) is 1. The van der Waals surface area contributed by atoms with E-state index >= 15 is 0 Å². The molecule has 1 aromatic rings. The summed E-state index contributed by atoms with van der Waals surface area (Å²) in [4.78, 5) is 11.5. The first-order chi connectivity index (χ1) is 9.24. The summed E-state index contributed by atoms with van der Waals surface area (Å²) in [5, 5.41) is 2.80. The molecule has 0 saturated carbocycles. The quantitative estimate of drug-likeness (QED) is 0.674. The third kappa shape index (κ3) is 8.12. The summed E-state index contributed by atoms with van der Waals surface area (Å²) >= 11 is 0. The van der Waals surface area contributed by atoms with Crippen LogP contribution in [0.5, 0.6) is 0 Å². The summed E-state index contributed by atoms with van der Waals surface area (Å²) < 4.78 is 10.1. The molecule has 3 N–H and O–H groups in total. The molecule has 114 valence electrons. The van der Waals surface area contributed by atoms with Gasteiger partial charge in [0.25, 0.3) is 0 Å². The third-order valence-corrected chi connectivity index (χ3v) is 2.65. The zero-order valence-corrected chi connectivity index (χ0v) is 12.5. The van der Waals surface area contributed by atoms with Gasteiger partial charge in [0, 0.05) is 26.1 Å². The second kappa shape index (κ2) is 11.7. The number of carbonyl (C=O) groups excluding carboxylic acids is 1. The van der Waals surface area contributed by atoms with E-state index < -0.39 is 0 Å². The topological polar surface area (TPSA) is 73.6 Å². The van der Waals surface area contributed by atoms with Gasteiger partial charge in [0.15, 0.2) is 0 Å².